The summed E-state index contributed by atoms with van der Waals surface area (Å²) in [5.74, 6) is 0. The van der Waals surface area contributed by atoms with Gasteiger partial charge in [0, 0.05) is 23.9 Å². The van der Waals surface area contributed by atoms with Crippen LogP contribution in [0.1, 0.15) is 11.3 Å². The highest BCUT2D eigenvalue weighted by Crippen LogP contribution is 2.28. The summed E-state index contributed by atoms with van der Waals surface area (Å²) in [6.45, 7) is 1.96. The maximum Gasteiger partial charge on any atom is 0.270 e. The minimum atomic E-state index is -0.437. The zero-order valence-electron chi connectivity index (χ0n) is 11.9. The van der Waals surface area contributed by atoms with Gasteiger partial charge in [-0.15, -0.1) is 0 Å². The predicted octanol–water partition coefficient (Wildman–Crippen LogP) is 3.28. The lowest BCUT2D eigenvalue weighted by molar-refractivity contribution is -0.384. The SMILES string of the molecule is Cc1ccc2nc(-c3cccc([N+](=O)[O-])c3)c(CC#N)n2c1. The number of nitriles is 1. The Balaban J connectivity index is 2.26. The van der Waals surface area contributed by atoms with Crippen molar-refractivity contribution >= 4 is 11.3 Å². The van der Waals surface area contributed by atoms with Crippen LogP contribution in [-0.4, -0.2) is 14.3 Å². The van der Waals surface area contributed by atoms with E-state index in [0.29, 0.717) is 11.3 Å². The average Bonchev–Trinajstić information content (AvgIpc) is 2.86. The molecule has 0 radical (unpaired) electrons. The molecule has 2 heterocycles. The van der Waals surface area contributed by atoms with E-state index in [1.165, 1.54) is 12.1 Å². The van der Waals surface area contributed by atoms with Crippen molar-refractivity contribution in [2.75, 3.05) is 0 Å². The molecule has 0 saturated heterocycles. The zero-order chi connectivity index (χ0) is 15.7. The number of imidazole rings is 1. The van der Waals surface area contributed by atoms with Crippen molar-refractivity contribution in [1.82, 2.24) is 9.38 Å². The Kier molecular flexibility index (Phi) is 3.31. The van der Waals surface area contributed by atoms with Crippen LogP contribution in [0.3, 0.4) is 0 Å². The molecule has 108 valence electrons. The lowest BCUT2D eigenvalue weighted by atomic mass is 10.1. The standard InChI is InChI=1S/C16H12N4O2/c1-11-5-6-15-18-16(14(7-8-17)19(15)10-11)12-3-2-4-13(9-12)20(21)22/h2-6,9-10H,7H2,1H3. The topological polar surface area (TPSA) is 84.2 Å². The van der Waals surface area contributed by atoms with E-state index < -0.39 is 4.92 Å². The van der Waals surface area contributed by atoms with Crippen LogP contribution >= 0.6 is 0 Å². The number of aromatic nitrogens is 2. The fraction of sp³-hybridized carbons (Fsp3) is 0.125. The van der Waals surface area contributed by atoms with Crippen molar-refractivity contribution in [2.45, 2.75) is 13.3 Å². The van der Waals surface area contributed by atoms with Gasteiger partial charge >= 0.3 is 0 Å². The van der Waals surface area contributed by atoms with Gasteiger partial charge in [-0.25, -0.2) is 4.98 Å². The first kappa shape index (κ1) is 13.8. The highest BCUT2D eigenvalue weighted by molar-refractivity contribution is 5.69. The number of non-ortho nitro benzene ring substituents is 1. The maximum absolute atomic E-state index is 10.9. The Morgan fingerprint density at radius 1 is 1.36 bits per heavy atom. The molecular weight excluding hydrogens is 280 g/mol. The fourth-order valence-corrected chi connectivity index (χ4v) is 2.44. The monoisotopic (exact) mass is 292 g/mol. The second-order valence-corrected chi connectivity index (χ2v) is 4.98. The quantitative estimate of drug-likeness (QED) is 0.547. The van der Waals surface area contributed by atoms with Crippen molar-refractivity contribution in [3.8, 4) is 17.3 Å². The number of hydrogen-bond acceptors (Lipinski definition) is 4. The lowest BCUT2D eigenvalue weighted by Crippen LogP contribution is -1.94. The summed E-state index contributed by atoms with van der Waals surface area (Å²) in [6.07, 6.45) is 2.10. The number of rotatable bonds is 3. The Morgan fingerprint density at radius 2 is 2.18 bits per heavy atom. The molecule has 0 aliphatic carbocycles. The van der Waals surface area contributed by atoms with E-state index in [1.54, 1.807) is 12.1 Å². The van der Waals surface area contributed by atoms with Crippen molar-refractivity contribution in [2.24, 2.45) is 0 Å². The molecule has 0 aliphatic rings. The molecule has 1 aromatic carbocycles. The summed E-state index contributed by atoms with van der Waals surface area (Å²) in [6, 6.07) is 12.3. The summed E-state index contributed by atoms with van der Waals surface area (Å²) < 4.78 is 1.87. The minimum Gasteiger partial charge on any atom is -0.302 e. The molecule has 3 rings (SSSR count). The highest BCUT2D eigenvalue weighted by Gasteiger charge is 2.16. The Labute approximate surface area is 126 Å². The van der Waals surface area contributed by atoms with Crippen LogP contribution in [0.25, 0.3) is 16.9 Å². The van der Waals surface area contributed by atoms with Crippen LogP contribution in [0, 0.1) is 28.4 Å². The molecular formula is C16H12N4O2. The molecule has 0 N–H and O–H groups in total. The summed E-state index contributed by atoms with van der Waals surface area (Å²) >= 11 is 0. The number of nitrogens with zero attached hydrogens (tertiary/aromatic N) is 4. The third-order valence-electron chi connectivity index (χ3n) is 3.44. The van der Waals surface area contributed by atoms with Gasteiger partial charge in [0.25, 0.3) is 5.69 Å². The van der Waals surface area contributed by atoms with Gasteiger partial charge in [0.05, 0.1) is 28.8 Å². The van der Waals surface area contributed by atoms with E-state index in [9.17, 15) is 10.1 Å². The van der Waals surface area contributed by atoms with E-state index >= 15 is 0 Å². The first-order valence-corrected chi connectivity index (χ1v) is 6.69. The first-order chi connectivity index (χ1) is 10.6. The van der Waals surface area contributed by atoms with Gasteiger partial charge in [-0.1, -0.05) is 18.2 Å². The molecule has 0 saturated carbocycles. The van der Waals surface area contributed by atoms with E-state index in [4.69, 9.17) is 5.26 Å². The molecule has 0 unspecified atom stereocenters. The molecule has 3 aromatic rings. The van der Waals surface area contributed by atoms with Gasteiger partial charge in [-0.3, -0.25) is 10.1 Å². The smallest absolute Gasteiger partial charge is 0.270 e. The summed E-state index contributed by atoms with van der Waals surface area (Å²) in [4.78, 5) is 15.0. The van der Waals surface area contributed by atoms with Crippen molar-refractivity contribution < 1.29 is 4.92 Å². The second-order valence-electron chi connectivity index (χ2n) is 4.98. The second kappa shape index (κ2) is 5.30. The van der Waals surface area contributed by atoms with Crippen LogP contribution in [0.5, 0.6) is 0 Å². The van der Waals surface area contributed by atoms with Crippen LogP contribution in [0.15, 0.2) is 42.6 Å². The molecule has 0 atom stereocenters. The van der Waals surface area contributed by atoms with Crippen molar-refractivity contribution in [1.29, 1.82) is 5.26 Å². The molecule has 0 spiro atoms. The third-order valence-corrected chi connectivity index (χ3v) is 3.44. The highest BCUT2D eigenvalue weighted by atomic mass is 16.6. The Bertz CT molecular complexity index is 922. The van der Waals surface area contributed by atoms with Gasteiger partial charge in [0.2, 0.25) is 0 Å². The van der Waals surface area contributed by atoms with E-state index in [1.807, 2.05) is 29.7 Å². The van der Waals surface area contributed by atoms with Gasteiger partial charge in [0.1, 0.15) is 5.65 Å². The molecule has 0 aliphatic heterocycles. The molecule has 22 heavy (non-hydrogen) atoms. The van der Waals surface area contributed by atoms with Gasteiger partial charge in [-0.2, -0.15) is 5.26 Å². The number of nitro groups is 1. The Hall–Kier alpha value is -3.20. The number of hydrogen-bond donors (Lipinski definition) is 0. The van der Waals surface area contributed by atoms with E-state index in [0.717, 1.165) is 16.9 Å². The molecule has 6 heteroatoms. The van der Waals surface area contributed by atoms with Gasteiger partial charge in [-0.05, 0) is 18.6 Å². The van der Waals surface area contributed by atoms with Gasteiger partial charge in [0.15, 0.2) is 0 Å². The first-order valence-electron chi connectivity index (χ1n) is 6.69. The molecule has 2 aromatic heterocycles. The van der Waals surface area contributed by atoms with Crippen molar-refractivity contribution in [3.05, 3.63) is 64.0 Å². The van der Waals surface area contributed by atoms with Crippen molar-refractivity contribution in [3.63, 3.8) is 0 Å². The van der Waals surface area contributed by atoms with Crippen LogP contribution in [-0.2, 0) is 6.42 Å². The molecule has 0 bridgehead atoms. The number of nitro benzene ring substituents is 1. The van der Waals surface area contributed by atoms with Gasteiger partial charge < -0.3 is 4.40 Å². The third kappa shape index (κ3) is 2.29. The average molecular weight is 292 g/mol. The minimum absolute atomic E-state index is 0.00800. The summed E-state index contributed by atoms with van der Waals surface area (Å²) in [7, 11) is 0. The Morgan fingerprint density at radius 3 is 2.91 bits per heavy atom. The molecule has 0 fully saturated rings. The van der Waals surface area contributed by atoms with E-state index in [2.05, 4.69) is 11.1 Å². The number of pyridine rings is 1. The zero-order valence-corrected chi connectivity index (χ0v) is 11.9. The number of fused-ring (bicyclic) bond motifs is 1. The van der Waals surface area contributed by atoms with Crippen LogP contribution < -0.4 is 0 Å². The van der Waals surface area contributed by atoms with E-state index in [-0.39, 0.29) is 12.1 Å². The normalized spacial score (nSPS) is 10.5. The molecule has 6 nitrogen and oxygen atoms in total. The van der Waals surface area contributed by atoms with Crippen LogP contribution in [0.2, 0.25) is 0 Å². The number of benzene rings is 1. The summed E-state index contributed by atoms with van der Waals surface area (Å²) in [5, 5.41) is 20.0. The largest absolute Gasteiger partial charge is 0.302 e. The van der Waals surface area contributed by atoms with Crippen LogP contribution in [0.4, 0.5) is 5.69 Å². The maximum atomic E-state index is 10.9. The predicted molar refractivity (Wildman–Crippen MR) is 81.3 cm³/mol. The molecule has 0 amide bonds. The summed E-state index contributed by atoms with van der Waals surface area (Å²) in [5.41, 5.74) is 3.76. The number of aryl methyl sites for hydroxylation is 1. The lowest BCUT2D eigenvalue weighted by Gasteiger charge is -2.02. The fourth-order valence-electron chi connectivity index (χ4n) is 2.44.